The van der Waals surface area contributed by atoms with Gasteiger partial charge in [-0.25, -0.2) is 0 Å². The fourth-order valence-electron chi connectivity index (χ4n) is 1.28. The second kappa shape index (κ2) is 4.13. The van der Waals surface area contributed by atoms with E-state index in [1.54, 1.807) is 12.1 Å². The Morgan fingerprint density at radius 3 is 2.50 bits per heavy atom. The molecular weight excluding hydrogens is 178 g/mol. The van der Waals surface area contributed by atoms with Gasteiger partial charge >= 0.3 is 0 Å². The molecule has 0 saturated heterocycles. The molecule has 14 heavy (non-hydrogen) atoms. The summed E-state index contributed by atoms with van der Waals surface area (Å²) in [5.41, 5.74) is 6.77. The van der Waals surface area contributed by atoms with Crippen molar-refractivity contribution in [3.05, 3.63) is 29.3 Å². The van der Waals surface area contributed by atoms with Crippen molar-refractivity contribution < 1.29 is 9.53 Å². The standard InChI is InChI=1S/C11H15NO2/c1-7(2)8-4-5-10(14-3)9(6-8)11(12)13/h4-7H,1-3H3,(H2,12,13). The Bertz CT molecular complexity index is 345. The Hall–Kier alpha value is -1.51. The molecule has 0 fully saturated rings. The van der Waals surface area contributed by atoms with Crippen molar-refractivity contribution in [3.63, 3.8) is 0 Å². The van der Waals surface area contributed by atoms with E-state index >= 15 is 0 Å². The van der Waals surface area contributed by atoms with Crippen LogP contribution in [0.2, 0.25) is 0 Å². The largest absolute Gasteiger partial charge is 0.496 e. The fraction of sp³-hybridized carbons (Fsp3) is 0.364. The van der Waals surface area contributed by atoms with Crippen LogP contribution in [0, 0.1) is 0 Å². The number of carbonyl (C=O) groups is 1. The molecule has 0 spiro atoms. The number of benzene rings is 1. The second-order valence-electron chi connectivity index (χ2n) is 3.48. The van der Waals surface area contributed by atoms with Gasteiger partial charge in [0.1, 0.15) is 5.75 Å². The van der Waals surface area contributed by atoms with Crippen LogP contribution in [0.15, 0.2) is 18.2 Å². The molecule has 1 amide bonds. The number of amides is 1. The lowest BCUT2D eigenvalue weighted by atomic mass is 10.00. The number of rotatable bonds is 3. The molecule has 3 heteroatoms. The van der Waals surface area contributed by atoms with Crippen LogP contribution >= 0.6 is 0 Å². The van der Waals surface area contributed by atoms with E-state index in [1.165, 1.54) is 7.11 Å². The monoisotopic (exact) mass is 193 g/mol. The Morgan fingerprint density at radius 1 is 1.43 bits per heavy atom. The van der Waals surface area contributed by atoms with Crippen molar-refractivity contribution >= 4 is 5.91 Å². The average molecular weight is 193 g/mol. The van der Waals surface area contributed by atoms with Gasteiger partial charge in [-0.2, -0.15) is 0 Å². The molecule has 0 atom stereocenters. The Balaban J connectivity index is 3.21. The van der Waals surface area contributed by atoms with Crippen LogP contribution in [-0.2, 0) is 0 Å². The summed E-state index contributed by atoms with van der Waals surface area (Å²) in [5, 5.41) is 0. The molecule has 0 bridgehead atoms. The molecule has 0 aliphatic rings. The molecule has 1 aromatic rings. The zero-order chi connectivity index (χ0) is 10.7. The number of nitrogens with two attached hydrogens (primary N) is 1. The van der Waals surface area contributed by atoms with Crippen LogP contribution in [0.25, 0.3) is 0 Å². The third kappa shape index (κ3) is 2.05. The minimum Gasteiger partial charge on any atom is -0.496 e. The van der Waals surface area contributed by atoms with Gasteiger partial charge in [0.2, 0.25) is 0 Å². The third-order valence-corrected chi connectivity index (χ3v) is 2.16. The highest BCUT2D eigenvalue weighted by Gasteiger charge is 2.10. The molecule has 0 aromatic heterocycles. The van der Waals surface area contributed by atoms with Crippen LogP contribution in [0.3, 0.4) is 0 Å². The molecule has 0 unspecified atom stereocenters. The van der Waals surface area contributed by atoms with Crippen molar-refractivity contribution in [2.45, 2.75) is 19.8 Å². The Morgan fingerprint density at radius 2 is 2.07 bits per heavy atom. The summed E-state index contributed by atoms with van der Waals surface area (Å²) in [5.74, 6) is 0.449. The molecule has 76 valence electrons. The third-order valence-electron chi connectivity index (χ3n) is 2.16. The van der Waals surface area contributed by atoms with Crippen LogP contribution in [0.5, 0.6) is 5.75 Å². The summed E-state index contributed by atoms with van der Waals surface area (Å²) in [6.07, 6.45) is 0. The lowest BCUT2D eigenvalue weighted by molar-refractivity contribution is 0.0997. The molecule has 0 aliphatic carbocycles. The number of hydrogen-bond acceptors (Lipinski definition) is 2. The van der Waals surface area contributed by atoms with Crippen molar-refractivity contribution in [2.75, 3.05) is 7.11 Å². The van der Waals surface area contributed by atoms with E-state index in [1.807, 2.05) is 6.07 Å². The minimum absolute atomic E-state index is 0.374. The predicted molar refractivity (Wildman–Crippen MR) is 55.6 cm³/mol. The van der Waals surface area contributed by atoms with Gasteiger partial charge in [-0.1, -0.05) is 19.9 Å². The maximum atomic E-state index is 11.1. The summed E-state index contributed by atoms with van der Waals surface area (Å²) in [6.45, 7) is 4.12. The van der Waals surface area contributed by atoms with Gasteiger partial charge < -0.3 is 10.5 Å². The Labute approximate surface area is 83.9 Å². The van der Waals surface area contributed by atoms with E-state index in [2.05, 4.69) is 13.8 Å². The maximum Gasteiger partial charge on any atom is 0.252 e. The summed E-state index contributed by atoms with van der Waals surface area (Å²) in [4.78, 5) is 11.1. The topological polar surface area (TPSA) is 52.3 Å². The highest BCUT2D eigenvalue weighted by molar-refractivity contribution is 5.95. The molecule has 3 nitrogen and oxygen atoms in total. The van der Waals surface area contributed by atoms with Gasteiger partial charge in [-0.05, 0) is 23.6 Å². The molecule has 1 rings (SSSR count). The molecule has 0 saturated carbocycles. The number of ether oxygens (including phenoxy) is 1. The van der Waals surface area contributed by atoms with E-state index in [0.29, 0.717) is 17.2 Å². The van der Waals surface area contributed by atoms with Gasteiger partial charge in [0.15, 0.2) is 0 Å². The van der Waals surface area contributed by atoms with E-state index in [4.69, 9.17) is 10.5 Å². The molecule has 0 heterocycles. The first-order chi connectivity index (χ1) is 6.56. The lowest BCUT2D eigenvalue weighted by Crippen LogP contribution is -2.13. The summed E-state index contributed by atoms with van der Waals surface area (Å²) >= 11 is 0. The first-order valence-corrected chi connectivity index (χ1v) is 4.54. The Kier molecular flexibility index (Phi) is 3.12. The molecular formula is C11H15NO2. The number of carbonyl (C=O) groups excluding carboxylic acids is 1. The van der Waals surface area contributed by atoms with Crippen LogP contribution in [0.4, 0.5) is 0 Å². The average Bonchev–Trinajstić information content (AvgIpc) is 2.16. The van der Waals surface area contributed by atoms with Crippen molar-refractivity contribution in [3.8, 4) is 5.75 Å². The molecule has 0 radical (unpaired) electrons. The summed E-state index contributed by atoms with van der Waals surface area (Å²) in [7, 11) is 1.52. The number of primary amides is 1. The van der Waals surface area contributed by atoms with Gasteiger partial charge in [0, 0.05) is 0 Å². The van der Waals surface area contributed by atoms with Crippen molar-refractivity contribution in [1.82, 2.24) is 0 Å². The van der Waals surface area contributed by atoms with E-state index in [0.717, 1.165) is 5.56 Å². The van der Waals surface area contributed by atoms with E-state index < -0.39 is 5.91 Å². The first kappa shape index (κ1) is 10.6. The van der Waals surface area contributed by atoms with E-state index in [-0.39, 0.29) is 0 Å². The second-order valence-corrected chi connectivity index (χ2v) is 3.48. The fourth-order valence-corrected chi connectivity index (χ4v) is 1.28. The van der Waals surface area contributed by atoms with Crippen molar-refractivity contribution in [1.29, 1.82) is 0 Å². The van der Waals surface area contributed by atoms with Gasteiger partial charge in [0.05, 0.1) is 12.7 Å². The van der Waals surface area contributed by atoms with E-state index in [9.17, 15) is 4.79 Å². The maximum absolute atomic E-state index is 11.1. The first-order valence-electron chi connectivity index (χ1n) is 4.54. The summed E-state index contributed by atoms with van der Waals surface area (Å²) in [6, 6.07) is 5.50. The normalized spacial score (nSPS) is 10.3. The van der Waals surface area contributed by atoms with Gasteiger partial charge in [-0.3, -0.25) is 4.79 Å². The smallest absolute Gasteiger partial charge is 0.252 e. The lowest BCUT2D eigenvalue weighted by Gasteiger charge is -2.10. The number of hydrogen-bond donors (Lipinski definition) is 1. The zero-order valence-electron chi connectivity index (χ0n) is 8.70. The summed E-state index contributed by atoms with van der Waals surface area (Å²) < 4.78 is 5.04. The van der Waals surface area contributed by atoms with Crippen molar-refractivity contribution in [2.24, 2.45) is 5.73 Å². The SMILES string of the molecule is COc1ccc(C(C)C)cc1C(N)=O. The predicted octanol–water partition coefficient (Wildman–Crippen LogP) is 1.92. The molecule has 2 N–H and O–H groups in total. The highest BCUT2D eigenvalue weighted by Crippen LogP contribution is 2.23. The number of methoxy groups -OCH3 is 1. The highest BCUT2D eigenvalue weighted by atomic mass is 16.5. The minimum atomic E-state index is -0.454. The van der Waals surface area contributed by atoms with Crippen LogP contribution in [-0.4, -0.2) is 13.0 Å². The quantitative estimate of drug-likeness (QED) is 0.797. The van der Waals surface area contributed by atoms with Crippen LogP contribution < -0.4 is 10.5 Å². The van der Waals surface area contributed by atoms with Gasteiger partial charge in [-0.15, -0.1) is 0 Å². The zero-order valence-corrected chi connectivity index (χ0v) is 8.70. The molecule has 0 aliphatic heterocycles. The van der Waals surface area contributed by atoms with Gasteiger partial charge in [0.25, 0.3) is 5.91 Å². The van der Waals surface area contributed by atoms with Crippen LogP contribution in [0.1, 0.15) is 35.7 Å². The molecule has 1 aromatic carbocycles.